The van der Waals surface area contributed by atoms with Crippen molar-refractivity contribution in [1.29, 1.82) is 0 Å². The molecule has 1 saturated carbocycles. The molecule has 0 radical (unpaired) electrons. The molecule has 0 spiro atoms. The predicted octanol–water partition coefficient (Wildman–Crippen LogP) is 6.35. The number of benzene rings is 2. The molecule has 2 aromatic carbocycles. The van der Waals surface area contributed by atoms with Gasteiger partial charge in [0.1, 0.15) is 5.75 Å². The number of amides is 1. The Morgan fingerprint density at radius 2 is 1.72 bits per heavy atom. The van der Waals surface area contributed by atoms with E-state index in [2.05, 4.69) is 42.6 Å². The van der Waals surface area contributed by atoms with E-state index in [0.29, 0.717) is 17.4 Å². The van der Waals surface area contributed by atoms with Crippen LogP contribution in [0.5, 0.6) is 5.75 Å². The van der Waals surface area contributed by atoms with Crippen molar-refractivity contribution in [2.24, 2.45) is 5.92 Å². The lowest BCUT2D eigenvalue weighted by Crippen LogP contribution is -2.33. The van der Waals surface area contributed by atoms with Crippen molar-refractivity contribution < 1.29 is 9.53 Å². The van der Waals surface area contributed by atoms with Crippen molar-refractivity contribution in [2.75, 3.05) is 13.2 Å². The van der Waals surface area contributed by atoms with E-state index in [1.165, 1.54) is 50.5 Å². The monoisotopic (exact) mass is 393 g/mol. The molecule has 0 aromatic heterocycles. The summed E-state index contributed by atoms with van der Waals surface area (Å²) in [5.41, 5.74) is 2.11. The highest BCUT2D eigenvalue weighted by Crippen LogP contribution is 2.37. The van der Waals surface area contributed by atoms with Crippen LogP contribution in [-0.4, -0.2) is 19.1 Å². The van der Waals surface area contributed by atoms with Crippen LogP contribution >= 0.6 is 0 Å². The molecule has 1 fully saturated rings. The average Bonchev–Trinajstić information content (AvgIpc) is 2.78. The smallest absolute Gasteiger partial charge is 0.251 e. The van der Waals surface area contributed by atoms with E-state index in [4.69, 9.17) is 4.74 Å². The maximum Gasteiger partial charge on any atom is 0.251 e. The van der Waals surface area contributed by atoms with Gasteiger partial charge in [-0.25, -0.2) is 0 Å². The number of carbonyl (C=O) groups is 1. The topological polar surface area (TPSA) is 38.3 Å². The standard InChI is InChI=1S/C26H35NO2/c1-2-3-4-10-19-29-24-17-15-22(16-18-24)26(28)27-20-23-13-8-9-14-25(23)21-11-6-5-7-12-21/h5-7,11-12,15-18,23,25H,2-4,8-10,13-14,19-20H2,1H3,(H,27,28)/t23?,25-/m1/s1. The van der Waals surface area contributed by atoms with Crippen molar-refractivity contribution in [1.82, 2.24) is 5.32 Å². The third-order valence-electron chi connectivity index (χ3n) is 6.04. The third kappa shape index (κ3) is 6.62. The second-order valence-corrected chi connectivity index (χ2v) is 8.21. The van der Waals surface area contributed by atoms with Crippen LogP contribution in [0.4, 0.5) is 0 Å². The van der Waals surface area contributed by atoms with E-state index in [1.54, 1.807) is 0 Å². The second kappa shape index (κ2) is 11.6. The summed E-state index contributed by atoms with van der Waals surface area (Å²) < 4.78 is 5.77. The van der Waals surface area contributed by atoms with Gasteiger partial charge in [0.15, 0.2) is 0 Å². The van der Waals surface area contributed by atoms with Gasteiger partial charge in [-0.3, -0.25) is 4.79 Å². The lowest BCUT2D eigenvalue weighted by atomic mass is 9.75. The SMILES string of the molecule is CCCCCCOc1ccc(C(=O)NCC2CCCC[C@@H]2c2ccccc2)cc1. The van der Waals surface area contributed by atoms with E-state index < -0.39 is 0 Å². The Morgan fingerprint density at radius 1 is 0.966 bits per heavy atom. The first-order valence-corrected chi connectivity index (χ1v) is 11.3. The zero-order chi connectivity index (χ0) is 20.3. The van der Waals surface area contributed by atoms with Crippen molar-refractivity contribution in [3.8, 4) is 5.75 Å². The van der Waals surface area contributed by atoms with Crippen LogP contribution in [0, 0.1) is 5.92 Å². The number of unbranched alkanes of at least 4 members (excludes halogenated alkanes) is 3. The molecule has 2 atom stereocenters. The molecule has 3 rings (SSSR count). The number of ether oxygens (including phenoxy) is 1. The molecule has 1 aliphatic rings. The van der Waals surface area contributed by atoms with E-state index in [1.807, 2.05) is 24.3 Å². The molecule has 1 N–H and O–H groups in total. The van der Waals surface area contributed by atoms with Gasteiger partial charge in [0, 0.05) is 12.1 Å². The molecule has 1 aliphatic carbocycles. The Kier molecular flexibility index (Phi) is 8.60. The number of hydrogen-bond acceptors (Lipinski definition) is 2. The fourth-order valence-corrected chi connectivity index (χ4v) is 4.34. The minimum Gasteiger partial charge on any atom is -0.494 e. The highest BCUT2D eigenvalue weighted by atomic mass is 16.5. The molecule has 1 unspecified atom stereocenters. The van der Waals surface area contributed by atoms with Crippen LogP contribution in [0.15, 0.2) is 54.6 Å². The number of nitrogens with one attached hydrogen (secondary N) is 1. The first kappa shape index (κ1) is 21.4. The Balaban J connectivity index is 1.48. The van der Waals surface area contributed by atoms with Gasteiger partial charge in [0.05, 0.1) is 6.61 Å². The highest BCUT2D eigenvalue weighted by Gasteiger charge is 2.26. The van der Waals surface area contributed by atoms with Crippen LogP contribution in [0.25, 0.3) is 0 Å². The normalized spacial score (nSPS) is 18.9. The van der Waals surface area contributed by atoms with Gasteiger partial charge in [-0.05, 0) is 60.9 Å². The zero-order valence-electron chi connectivity index (χ0n) is 17.7. The van der Waals surface area contributed by atoms with Gasteiger partial charge in [-0.2, -0.15) is 0 Å². The maximum absolute atomic E-state index is 12.6. The van der Waals surface area contributed by atoms with E-state index in [0.717, 1.165) is 25.3 Å². The van der Waals surface area contributed by atoms with Crippen molar-refractivity contribution in [2.45, 2.75) is 64.2 Å². The summed E-state index contributed by atoms with van der Waals surface area (Å²) in [6, 6.07) is 18.3. The molecule has 0 saturated heterocycles. The molecule has 0 heterocycles. The third-order valence-corrected chi connectivity index (χ3v) is 6.04. The second-order valence-electron chi connectivity index (χ2n) is 8.21. The van der Waals surface area contributed by atoms with E-state index in [9.17, 15) is 4.79 Å². The Bertz CT molecular complexity index is 726. The number of rotatable bonds is 10. The molecule has 0 bridgehead atoms. The minimum absolute atomic E-state index is 0.0110. The summed E-state index contributed by atoms with van der Waals surface area (Å²) in [6.07, 6.45) is 9.73. The highest BCUT2D eigenvalue weighted by molar-refractivity contribution is 5.94. The van der Waals surface area contributed by atoms with Gasteiger partial charge in [-0.1, -0.05) is 69.4 Å². The van der Waals surface area contributed by atoms with Crippen molar-refractivity contribution in [3.05, 3.63) is 65.7 Å². The predicted molar refractivity (Wildman–Crippen MR) is 120 cm³/mol. The Hall–Kier alpha value is -2.29. The molecule has 2 aromatic rings. The number of carbonyl (C=O) groups excluding carboxylic acids is 1. The molecule has 29 heavy (non-hydrogen) atoms. The summed E-state index contributed by atoms with van der Waals surface area (Å²) in [6.45, 7) is 3.70. The summed E-state index contributed by atoms with van der Waals surface area (Å²) in [5, 5.41) is 3.17. The molecule has 3 heteroatoms. The maximum atomic E-state index is 12.6. The Morgan fingerprint density at radius 3 is 2.48 bits per heavy atom. The van der Waals surface area contributed by atoms with Gasteiger partial charge >= 0.3 is 0 Å². The minimum atomic E-state index is 0.0110. The van der Waals surface area contributed by atoms with Crippen LogP contribution in [0.2, 0.25) is 0 Å². The quantitative estimate of drug-likeness (QED) is 0.478. The van der Waals surface area contributed by atoms with E-state index in [-0.39, 0.29) is 5.91 Å². The number of hydrogen-bond donors (Lipinski definition) is 1. The zero-order valence-corrected chi connectivity index (χ0v) is 17.7. The van der Waals surface area contributed by atoms with Crippen LogP contribution in [0.3, 0.4) is 0 Å². The fourth-order valence-electron chi connectivity index (χ4n) is 4.34. The van der Waals surface area contributed by atoms with Crippen LogP contribution in [-0.2, 0) is 0 Å². The Labute approximate surface area is 175 Å². The first-order valence-electron chi connectivity index (χ1n) is 11.3. The first-order chi connectivity index (χ1) is 14.3. The fraction of sp³-hybridized carbons (Fsp3) is 0.500. The van der Waals surface area contributed by atoms with Gasteiger partial charge in [0.25, 0.3) is 5.91 Å². The molecule has 156 valence electrons. The van der Waals surface area contributed by atoms with E-state index >= 15 is 0 Å². The van der Waals surface area contributed by atoms with Gasteiger partial charge < -0.3 is 10.1 Å². The molecular formula is C26H35NO2. The average molecular weight is 394 g/mol. The summed E-state index contributed by atoms with van der Waals surface area (Å²) in [7, 11) is 0. The summed E-state index contributed by atoms with van der Waals surface area (Å²) >= 11 is 0. The largest absolute Gasteiger partial charge is 0.494 e. The lowest BCUT2D eigenvalue weighted by molar-refractivity contribution is 0.0941. The molecule has 1 amide bonds. The van der Waals surface area contributed by atoms with Crippen molar-refractivity contribution >= 4 is 5.91 Å². The lowest BCUT2D eigenvalue weighted by Gasteiger charge is -2.32. The molecular weight excluding hydrogens is 358 g/mol. The van der Waals surface area contributed by atoms with Crippen LogP contribution in [0.1, 0.15) is 80.1 Å². The van der Waals surface area contributed by atoms with Gasteiger partial charge in [-0.15, -0.1) is 0 Å². The summed E-state index contributed by atoms with van der Waals surface area (Å²) in [5.74, 6) is 1.92. The van der Waals surface area contributed by atoms with Crippen LogP contribution < -0.4 is 10.1 Å². The van der Waals surface area contributed by atoms with Crippen molar-refractivity contribution in [3.63, 3.8) is 0 Å². The molecule has 0 aliphatic heterocycles. The van der Waals surface area contributed by atoms with Gasteiger partial charge in [0.2, 0.25) is 0 Å². The summed E-state index contributed by atoms with van der Waals surface area (Å²) in [4.78, 5) is 12.6. The molecule has 3 nitrogen and oxygen atoms in total.